The summed E-state index contributed by atoms with van der Waals surface area (Å²) in [5, 5.41) is 32.7. The van der Waals surface area contributed by atoms with Crippen molar-refractivity contribution in [1.29, 1.82) is 0 Å². The number of amides is 1. The highest BCUT2D eigenvalue weighted by atomic mass is 16.7. The maximum Gasteiger partial charge on any atom is 0.252 e. The van der Waals surface area contributed by atoms with Crippen molar-refractivity contribution in [3.63, 3.8) is 0 Å². The molecule has 1 saturated heterocycles. The van der Waals surface area contributed by atoms with Crippen molar-refractivity contribution < 1.29 is 34.4 Å². The van der Waals surface area contributed by atoms with Crippen LogP contribution in [0.25, 0.3) is 0 Å². The zero-order valence-electron chi connectivity index (χ0n) is 16.6. The minimum absolute atomic E-state index is 0.0219. The molecule has 1 aliphatic heterocycles. The second-order valence-electron chi connectivity index (χ2n) is 7.30. The number of ketones is 1. The van der Waals surface area contributed by atoms with E-state index in [9.17, 15) is 24.9 Å². The monoisotopic (exact) mass is 389 g/mol. The number of nitrogens with one attached hydrogen (secondary N) is 1. The summed E-state index contributed by atoms with van der Waals surface area (Å²) in [7, 11) is 0. The van der Waals surface area contributed by atoms with Gasteiger partial charge in [-0.1, -0.05) is 46.0 Å². The molecule has 3 unspecified atom stereocenters. The van der Waals surface area contributed by atoms with Crippen LogP contribution in [0.15, 0.2) is 0 Å². The predicted octanol–water partition coefficient (Wildman–Crippen LogP) is 0.512. The Balaban J connectivity index is 2.47. The van der Waals surface area contributed by atoms with Gasteiger partial charge < -0.3 is 30.1 Å². The van der Waals surface area contributed by atoms with Gasteiger partial charge in [-0.05, 0) is 13.3 Å². The number of aliphatic hydroxyl groups is 3. The van der Waals surface area contributed by atoms with E-state index < -0.39 is 42.5 Å². The van der Waals surface area contributed by atoms with Crippen LogP contribution in [0.4, 0.5) is 0 Å². The lowest BCUT2D eigenvalue weighted by molar-refractivity contribution is -0.292. The van der Waals surface area contributed by atoms with Gasteiger partial charge in [0.25, 0.3) is 5.91 Å². The minimum atomic E-state index is -1.58. The van der Waals surface area contributed by atoms with Crippen LogP contribution in [0, 0.1) is 5.92 Å². The van der Waals surface area contributed by atoms with Gasteiger partial charge in [-0.25, -0.2) is 0 Å². The third kappa shape index (κ3) is 7.83. The minimum Gasteiger partial charge on any atom is -0.387 e. The Morgan fingerprint density at radius 2 is 1.67 bits per heavy atom. The molecule has 1 aliphatic rings. The molecule has 158 valence electrons. The Morgan fingerprint density at radius 1 is 1.04 bits per heavy atom. The fourth-order valence-electron chi connectivity index (χ4n) is 2.78. The lowest BCUT2D eigenvalue weighted by atomic mass is 9.98. The van der Waals surface area contributed by atoms with Crippen LogP contribution >= 0.6 is 0 Å². The zero-order valence-corrected chi connectivity index (χ0v) is 16.6. The number of carbonyl (C=O) groups excluding carboxylic acids is 2. The molecule has 1 heterocycles. The van der Waals surface area contributed by atoms with Crippen molar-refractivity contribution in [2.24, 2.45) is 5.92 Å². The third-order valence-electron chi connectivity index (χ3n) is 4.86. The summed E-state index contributed by atoms with van der Waals surface area (Å²) in [6.45, 7) is 5.66. The summed E-state index contributed by atoms with van der Waals surface area (Å²) in [4.78, 5) is 23.6. The topological polar surface area (TPSA) is 125 Å². The van der Waals surface area contributed by atoms with Gasteiger partial charge in [-0.3, -0.25) is 9.59 Å². The summed E-state index contributed by atoms with van der Waals surface area (Å²) < 4.78 is 10.7. The number of aliphatic hydroxyl groups excluding tert-OH is 3. The van der Waals surface area contributed by atoms with E-state index in [0.717, 1.165) is 19.3 Å². The van der Waals surface area contributed by atoms with Gasteiger partial charge in [0.05, 0.1) is 6.61 Å². The van der Waals surface area contributed by atoms with Gasteiger partial charge in [-0.15, -0.1) is 0 Å². The highest BCUT2D eigenvalue weighted by Gasteiger charge is 2.47. The van der Waals surface area contributed by atoms with Crippen LogP contribution < -0.4 is 5.32 Å². The van der Waals surface area contributed by atoms with Crippen molar-refractivity contribution in [2.75, 3.05) is 13.2 Å². The standard InChI is InChI=1S/C19H35NO7/c1-4-5-6-7-8-9-10-20-18(25)17-15(23)14(22)16(24)19(27-17)26-11-12(2)13(3)21/h12,14-17,19,22-24H,4-11H2,1-3H3,(H,20,25)/t12?,14-,15-,16?,17?,19-/m0/s1. The molecule has 1 amide bonds. The number of Topliss-reactive ketones (excluding diaryl/α,β-unsaturated/α-hetero) is 1. The molecule has 6 atom stereocenters. The van der Waals surface area contributed by atoms with E-state index in [1.165, 1.54) is 26.2 Å². The molecule has 1 rings (SSSR count). The maximum absolute atomic E-state index is 12.3. The highest BCUT2D eigenvalue weighted by molar-refractivity contribution is 5.81. The van der Waals surface area contributed by atoms with Crippen molar-refractivity contribution in [1.82, 2.24) is 5.32 Å². The average Bonchev–Trinajstić information content (AvgIpc) is 2.64. The van der Waals surface area contributed by atoms with Crippen molar-refractivity contribution in [3.8, 4) is 0 Å². The van der Waals surface area contributed by atoms with E-state index in [4.69, 9.17) is 9.47 Å². The number of unbranched alkanes of at least 4 members (excludes halogenated alkanes) is 5. The molecule has 1 fully saturated rings. The van der Waals surface area contributed by atoms with Crippen molar-refractivity contribution in [2.45, 2.75) is 90.0 Å². The second kappa shape index (κ2) is 12.4. The third-order valence-corrected chi connectivity index (χ3v) is 4.86. The molecular weight excluding hydrogens is 354 g/mol. The first-order valence-electron chi connectivity index (χ1n) is 9.89. The SMILES string of the molecule is CCCCCCCCNC(=O)C1O[C@H](OCC(C)C(C)=O)C(O)[C@@H](O)[C@@H]1O. The van der Waals surface area contributed by atoms with Crippen molar-refractivity contribution in [3.05, 3.63) is 0 Å². The van der Waals surface area contributed by atoms with Crippen LogP contribution in [-0.4, -0.2) is 70.9 Å². The van der Waals surface area contributed by atoms with E-state index in [1.54, 1.807) is 6.92 Å². The molecule has 0 aromatic rings. The Bertz CT molecular complexity index is 459. The Kier molecular flexibility index (Phi) is 11.0. The largest absolute Gasteiger partial charge is 0.387 e. The quantitative estimate of drug-likeness (QED) is 0.358. The number of hydrogen-bond donors (Lipinski definition) is 4. The number of hydrogen-bond acceptors (Lipinski definition) is 7. The van der Waals surface area contributed by atoms with Crippen molar-refractivity contribution >= 4 is 11.7 Å². The maximum atomic E-state index is 12.3. The summed E-state index contributed by atoms with van der Waals surface area (Å²) >= 11 is 0. The van der Waals surface area contributed by atoms with Crippen LogP contribution in [0.2, 0.25) is 0 Å². The van der Waals surface area contributed by atoms with Gasteiger partial charge >= 0.3 is 0 Å². The highest BCUT2D eigenvalue weighted by Crippen LogP contribution is 2.23. The van der Waals surface area contributed by atoms with Crippen LogP contribution in [0.1, 0.15) is 59.3 Å². The van der Waals surface area contributed by atoms with Gasteiger partial charge in [0.2, 0.25) is 0 Å². The molecule has 4 N–H and O–H groups in total. The second-order valence-corrected chi connectivity index (χ2v) is 7.30. The smallest absolute Gasteiger partial charge is 0.252 e. The molecule has 0 aromatic heterocycles. The van der Waals surface area contributed by atoms with Gasteiger partial charge in [0, 0.05) is 12.5 Å². The molecule has 0 saturated carbocycles. The molecule has 0 radical (unpaired) electrons. The predicted molar refractivity (Wildman–Crippen MR) is 98.9 cm³/mol. The fraction of sp³-hybridized carbons (Fsp3) is 0.895. The Hall–Kier alpha value is -1.06. The summed E-state index contributed by atoms with van der Waals surface area (Å²) in [6.07, 6.45) is -0.801. The van der Waals surface area contributed by atoms with Crippen LogP contribution in [-0.2, 0) is 19.1 Å². The van der Waals surface area contributed by atoms with Gasteiger partial charge in [0.1, 0.15) is 24.1 Å². The summed E-state index contributed by atoms with van der Waals surface area (Å²) in [5.41, 5.74) is 0. The lowest BCUT2D eigenvalue weighted by Crippen LogP contribution is -2.62. The van der Waals surface area contributed by atoms with Crippen LogP contribution in [0.3, 0.4) is 0 Å². The molecule has 27 heavy (non-hydrogen) atoms. The average molecular weight is 389 g/mol. The van der Waals surface area contributed by atoms with E-state index in [-0.39, 0.29) is 12.4 Å². The molecule has 0 aliphatic carbocycles. The Labute approximate surface area is 161 Å². The van der Waals surface area contributed by atoms with E-state index >= 15 is 0 Å². The normalized spacial score (nSPS) is 29.3. The first-order valence-corrected chi connectivity index (χ1v) is 9.89. The summed E-state index contributed by atoms with van der Waals surface area (Å²) in [6, 6.07) is 0. The zero-order chi connectivity index (χ0) is 20.4. The van der Waals surface area contributed by atoms with E-state index in [2.05, 4.69) is 12.2 Å². The molecule has 8 heteroatoms. The van der Waals surface area contributed by atoms with Crippen LogP contribution in [0.5, 0.6) is 0 Å². The molecule has 0 aromatic carbocycles. The molecule has 0 bridgehead atoms. The van der Waals surface area contributed by atoms with E-state index in [0.29, 0.717) is 6.54 Å². The first kappa shape index (κ1) is 24.0. The van der Waals surface area contributed by atoms with E-state index in [1.807, 2.05) is 0 Å². The molecular formula is C19H35NO7. The Morgan fingerprint density at radius 3 is 2.30 bits per heavy atom. The fourth-order valence-corrected chi connectivity index (χ4v) is 2.78. The number of carbonyl (C=O) groups is 2. The first-order chi connectivity index (χ1) is 12.8. The molecule has 8 nitrogen and oxygen atoms in total. The number of rotatable bonds is 12. The van der Waals surface area contributed by atoms with Gasteiger partial charge in [0.15, 0.2) is 12.4 Å². The lowest BCUT2D eigenvalue weighted by Gasteiger charge is -2.39. The van der Waals surface area contributed by atoms with Gasteiger partial charge in [-0.2, -0.15) is 0 Å². The number of ether oxygens (including phenoxy) is 2. The molecule has 0 spiro atoms. The summed E-state index contributed by atoms with van der Waals surface area (Å²) in [5.74, 6) is -1.06.